The van der Waals surface area contributed by atoms with E-state index in [-0.39, 0.29) is 6.61 Å². The third-order valence-corrected chi connectivity index (χ3v) is 5.44. The molecule has 0 saturated heterocycles. The van der Waals surface area contributed by atoms with Crippen molar-refractivity contribution in [3.8, 4) is 11.5 Å². The lowest BCUT2D eigenvalue weighted by molar-refractivity contribution is -0.131. The average Bonchev–Trinajstić information content (AvgIpc) is 2.84. The Labute approximate surface area is 207 Å². The van der Waals surface area contributed by atoms with Crippen molar-refractivity contribution in [2.45, 2.75) is 13.5 Å². The Morgan fingerprint density at radius 2 is 1.76 bits per heavy atom. The largest absolute Gasteiger partial charge is 0.497 e. The van der Waals surface area contributed by atoms with Gasteiger partial charge in [0.25, 0.3) is 5.91 Å². The molecule has 9 heteroatoms. The molecular weight excluding hydrogens is 477 g/mol. The molecule has 0 aliphatic heterocycles. The van der Waals surface area contributed by atoms with E-state index in [2.05, 4.69) is 15.8 Å². The molecule has 0 aromatic heterocycles. The number of hydrazone groups is 1. The van der Waals surface area contributed by atoms with Crippen molar-refractivity contribution in [2.75, 3.05) is 12.4 Å². The smallest absolute Gasteiger partial charge is 0.252 e. The maximum Gasteiger partial charge on any atom is 0.252 e. The van der Waals surface area contributed by atoms with Crippen molar-refractivity contribution < 1.29 is 19.1 Å². The van der Waals surface area contributed by atoms with Crippen LogP contribution in [-0.2, 0) is 16.2 Å². The van der Waals surface area contributed by atoms with Crippen molar-refractivity contribution in [1.29, 1.82) is 0 Å². The Kier molecular flexibility index (Phi) is 8.90. The first-order valence-corrected chi connectivity index (χ1v) is 11.1. The number of methoxy groups -OCH3 is 1. The Morgan fingerprint density at radius 1 is 1.03 bits per heavy atom. The maximum atomic E-state index is 12.4. The van der Waals surface area contributed by atoms with Crippen LogP contribution in [0.1, 0.15) is 18.1 Å². The van der Waals surface area contributed by atoms with Crippen molar-refractivity contribution in [3.63, 3.8) is 0 Å². The average molecular weight is 500 g/mol. The van der Waals surface area contributed by atoms with Crippen LogP contribution in [0.15, 0.2) is 71.8 Å². The second kappa shape index (κ2) is 12.1. The van der Waals surface area contributed by atoms with Crippen LogP contribution in [-0.4, -0.2) is 25.1 Å². The predicted molar refractivity (Wildman–Crippen MR) is 134 cm³/mol. The number of amides is 2. The van der Waals surface area contributed by atoms with Crippen molar-refractivity contribution in [2.24, 2.45) is 11.0 Å². The normalized spacial score (nSPS) is 11.6. The molecule has 0 spiro atoms. The maximum absolute atomic E-state index is 12.4. The van der Waals surface area contributed by atoms with Crippen LogP contribution in [0.3, 0.4) is 0 Å². The summed E-state index contributed by atoms with van der Waals surface area (Å²) in [5, 5.41) is 7.72. The highest BCUT2D eigenvalue weighted by atomic mass is 35.5. The van der Waals surface area contributed by atoms with Crippen LogP contribution >= 0.6 is 23.2 Å². The highest BCUT2D eigenvalue weighted by Gasteiger charge is 2.21. The lowest BCUT2D eigenvalue weighted by Crippen LogP contribution is -2.34. The fraction of sp³-hybridized carbons (Fsp3) is 0.160. The lowest BCUT2D eigenvalue weighted by Gasteiger charge is -2.12. The number of benzene rings is 3. The lowest BCUT2D eigenvalue weighted by atomic mass is 10.1. The zero-order chi connectivity index (χ0) is 24.5. The fourth-order valence-corrected chi connectivity index (χ4v) is 3.20. The van der Waals surface area contributed by atoms with E-state index in [1.165, 1.54) is 13.1 Å². The molecule has 2 amide bonds. The second-order valence-electron chi connectivity index (χ2n) is 7.24. The van der Waals surface area contributed by atoms with Gasteiger partial charge in [0.05, 0.1) is 13.3 Å². The van der Waals surface area contributed by atoms with Gasteiger partial charge in [0, 0.05) is 26.9 Å². The molecule has 1 atom stereocenters. The Hall–Kier alpha value is -3.55. The Bertz CT molecular complexity index is 1180. The summed E-state index contributed by atoms with van der Waals surface area (Å²) < 4.78 is 10.9. The third-order valence-electron chi connectivity index (χ3n) is 4.84. The Balaban J connectivity index is 1.60. The molecule has 0 radical (unpaired) electrons. The molecule has 7 nitrogen and oxygen atoms in total. The van der Waals surface area contributed by atoms with Gasteiger partial charge in [0.15, 0.2) is 0 Å². The summed E-state index contributed by atoms with van der Waals surface area (Å²) in [5.74, 6) is -0.844. The van der Waals surface area contributed by atoms with Crippen LogP contribution in [0, 0.1) is 5.92 Å². The number of nitrogens with zero attached hydrogens (tertiary/aromatic N) is 1. The van der Waals surface area contributed by atoms with Crippen molar-refractivity contribution >= 4 is 46.9 Å². The van der Waals surface area contributed by atoms with Gasteiger partial charge in [-0.3, -0.25) is 9.59 Å². The number of anilines is 1. The van der Waals surface area contributed by atoms with Crippen LogP contribution < -0.4 is 20.2 Å². The summed E-state index contributed by atoms with van der Waals surface area (Å²) in [6.45, 7) is 1.73. The fourth-order valence-electron chi connectivity index (χ4n) is 2.83. The molecule has 0 heterocycles. The van der Waals surface area contributed by atoms with E-state index in [0.29, 0.717) is 32.8 Å². The van der Waals surface area contributed by atoms with Gasteiger partial charge in [-0.25, -0.2) is 5.43 Å². The standard InChI is InChI=1S/C25H23Cl2N3O4/c1-16(24(31)29-20-8-10-21(33-2)11-9-20)25(32)30-28-14-18-13-19(26)7-12-23(18)34-15-17-5-3-4-6-22(17)27/h3-14,16H,15H2,1-2H3,(H,29,31)(H,30,32). The SMILES string of the molecule is COc1ccc(NC(=O)C(C)C(=O)NN=Cc2cc(Cl)ccc2OCc2ccccc2Cl)cc1. The molecule has 2 N–H and O–H groups in total. The molecule has 0 bridgehead atoms. The van der Waals surface area contributed by atoms with Gasteiger partial charge in [0.1, 0.15) is 24.0 Å². The van der Waals surface area contributed by atoms with E-state index in [9.17, 15) is 9.59 Å². The number of nitrogens with one attached hydrogen (secondary N) is 2. The van der Waals surface area contributed by atoms with Crippen LogP contribution in [0.5, 0.6) is 11.5 Å². The van der Waals surface area contributed by atoms with Gasteiger partial charge >= 0.3 is 0 Å². The number of hydrogen-bond acceptors (Lipinski definition) is 5. The molecule has 0 saturated carbocycles. The molecule has 3 rings (SSSR count). The number of carbonyl (C=O) groups is 2. The van der Waals surface area contributed by atoms with E-state index in [4.69, 9.17) is 32.7 Å². The molecule has 0 aliphatic rings. The number of rotatable bonds is 9. The minimum Gasteiger partial charge on any atom is -0.497 e. The monoisotopic (exact) mass is 499 g/mol. The first kappa shape index (κ1) is 25.1. The minimum atomic E-state index is -0.977. The third kappa shape index (κ3) is 6.97. The number of hydrogen-bond donors (Lipinski definition) is 2. The van der Waals surface area contributed by atoms with E-state index in [1.54, 1.807) is 55.6 Å². The minimum absolute atomic E-state index is 0.247. The topological polar surface area (TPSA) is 89.0 Å². The van der Waals surface area contributed by atoms with Crippen LogP contribution in [0.2, 0.25) is 10.0 Å². The zero-order valence-electron chi connectivity index (χ0n) is 18.5. The zero-order valence-corrected chi connectivity index (χ0v) is 20.1. The second-order valence-corrected chi connectivity index (χ2v) is 8.08. The van der Waals surface area contributed by atoms with Gasteiger partial charge < -0.3 is 14.8 Å². The molecule has 3 aromatic carbocycles. The first-order valence-electron chi connectivity index (χ1n) is 10.3. The van der Waals surface area contributed by atoms with Gasteiger partial charge in [0.2, 0.25) is 5.91 Å². The molecule has 0 fully saturated rings. The summed E-state index contributed by atoms with van der Waals surface area (Å²) in [7, 11) is 1.55. The summed E-state index contributed by atoms with van der Waals surface area (Å²) in [6, 6.07) is 19.2. The Morgan fingerprint density at radius 3 is 2.47 bits per heavy atom. The molecule has 176 valence electrons. The summed E-state index contributed by atoms with van der Waals surface area (Å²) in [5.41, 5.74) is 4.30. The van der Waals surface area contributed by atoms with Gasteiger partial charge in [-0.2, -0.15) is 5.10 Å². The van der Waals surface area contributed by atoms with Crippen LogP contribution in [0.25, 0.3) is 0 Å². The van der Waals surface area contributed by atoms with Gasteiger partial charge in [-0.05, 0) is 55.5 Å². The number of halogens is 2. The predicted octanol–water partition coefficient (Wildman–Crippen LogP) is 5.31. The van der Waals surface area contributed by atoms with Gasteiger partial charge in [-0.1, -0.05) is 41.4 Å². The van der Waals surface area contributed by atoms with E-state index >= 15 is 0 Å². The summed E-state index contributed by atoms with van der Waals surface area (Å²) >= 11 is 12.3. The van der Waals surface area contributed by atoms with Crippen molar-refractivity contribution in [1.82, 2.24) is 5.43 Å². The highest BCUT2D eigenvalue weighted by Crippen LogP contribution is 2.24. The molecule has 3 aromatic rings. The molecular formula is C25H23Cl2N3O4. The summed E-state index contributed by atoms with van der Waals surface area (Å²) in [6.07, 6.45) is 1.40. The first-order chi connectivity index (χ1) is 16.4. The van der Waals surface area contributed by atoms with Gasteiger partial charge in [-0.15, -0.1) is 0 Å². The molecule has 34 heavy (non-hydrogen) atoms. The molecule has 1 unspecified atom stereocenters. The van der Waals surface area contributed by atoms with E-state index in [1.807, 2.05) is 18.2 Å². The van der Waals surface area contributed by atoms with E-state index < -0.39 is 17.7 Å². The number of ether oxygens (including phenoxy) is 2. The quantitative estimate of drug-likeness (QED) is 0.237. The highest BCUT2D eigenvalue weighted by molar-refractivity contribution is 6.31. The van der Waals surface area contributed by atoms with Crippen molar-refractivity contribution in [3.05, 3.63) is 87.9 Å². The summed E-state index contributed by atoms with van der Waals surface area (Å²) in [4.78, 5) is 24.8. The van der Waals surface area contributed by atoms with Crippen LogP contribution in [0.4, 0.5) is 5.69 Å². The molecule has 0 aliphatic carbocycles. The van der Waals surface area contributed by atoms with E-state index in [0.717, 1.165) is 5.56 Å². The number of carbonyl (C=O) groups excluding carboxylic acids is 2.